The second-order valence-corrected chi connectivity index (χ2v) is 7.17. The monoisotopic (exact) mass is 409 g/mol. The average molecular weight is 409 g/mol. The highest BCUT2D eigenvalue weighted by Crippen LogP contribution is 2.12. The number of phenols is 1. The molecule has 10 heteroatoms. The Morgan fingerprint density at radius 3 is 2.00 bits per heavy atom. The van der Waals surface area contributed by atoms with E-state index in [1.165, 1.54) is 12.1 Å². The van der Waals surface area contributed by atoms with Gasteiger partial charge in [-0.25, -0.2) is 4.79 Å². The summed E-state index contributed by atoms with van der Waals surface area (Å²) in [7, 11) is 0. The minimum absolute atomic E-state index is 0.00827. The Balaban J connectivity index is 2.99. The molecule has 29 heavy (non-hydrogen) atoms. The van der Waals surface area contributed by atoms with Gasteiger partial charge in [0.1, 0.15) is 17.8 Å². The minimum atomic E-state index is -1.65. The number of nitrogens with one attached hydrogen (secondary N) is 2. The van der Waals surface area contributed by atoms with E-state index in [-0.39, 0.29) is 18.1 Å². The fraction of sp³-hybridized carbons (Fsp3) is 0.474. The summed E-state index contributed by atoms with van der Waals surface area (Å²) in [6, 6.07) is 2.20. The first-order valence-electron chi connectivity index (χ1n) is 9.08. The van der Waals surface area contributed by atoms with Crippen molar-refractivity contribution in [3.05, 3.63) is 29.8 Å². The molecule has 0 aliphatic heterocycles. The van der Waals surface area contributed by atoms with Gasteiger partial charge in [-0.15, -0.1) is 0 Å². The van der Waals surface area contributed by atoms with Crippen molar-refractivity contribution in [1.29, 1.82) is 0 Å². The summed E-state index contributed by atoms with van der Waals surface area (Å²) in [5, 5.41) is 32.0. The van der Waals surface area contributed by atoms with Gasteiger partial charge < -0.3 is 31.7 Å². The zero-order valence-corrected chi connectivity index (χ0v) is 16.3. The van der Waals surface area contributed by atoms with E-state index in [9.17, 15) is 24.3 Å². The van der Waals surface area contributed by atoms with Crippen LogP contribution in [0.4, 0.5) is 0 Å². The number of carboxylic acid groups (broad SMARTS) is 2. The molecule has 0 heterocycles. The number of rotatable bonds is 11. The van der Waals surface area contributed by atoms with Crippen LogP contribution in [-0.4, -0.2) is 57.2 Å². The first kappa shape index (κ1) is 23.9. The fourth-order valence-electron chi connectivity index (χ4n) is 2.62. The van der Waals surface area contributed by atoms with E-state index in [4.69, 9.17) is 15.9 Å². The summed E-state index contributed by atoms with van der Waals surface area (Å²) in [5.74, 6) is -4.17. The maximum absolute atomic E-state index is 12.6. The molecule has 0 aromatic heterocycles. The largest absolute Gasteiger partial charge is 0.508 e. The van der Waals surface area contributed by atoms with Crippen LogP contribution in [0.2, 0.25) is 0 Å². The molecule has 3 atom stereocenters. The van der Waals surface area contributed by atoms with Crippen molar-refractivity contribution in [3.8, 4) is 5.75 Å². The topological polar surface area (TPSA) is 179 Å². The lowest BCUT2D eigenvalue weighted by molar-refractivity contribution is -0.147. The molecule has 0 bridgehead atoms. The molecule has 160 valence electrons. The third-order valence-electron chi connectivity index (χ3n) is 4.06. The van der Waals surface area contributed by atoms with Gasteiger partial charge in [-0.1, -0.05) is 26.0 Å². The Bertz CT molecular complexity index is 734. The molecule has 0 aliphatic rings. The van der Waals surface area contributed by atoms with Gasteiger partial charge in [0.25, 0.3) is 0 Å². The fourth-order valence-corrected chi connectivity index (χ4v) is 2.62. The van der Waals surface area contributed by atoms with Crippen molar-refractivity contribution >= 4 is 23.8 Å². The van der Waals surface area contributed by atoms with Crippen LogP contribution in [0.3, 0.4) is 0 Å². The van der Waals surface area contributed by atoms with E-state index in [2.05, 4.69) is 10.6 Å². The number of carbonyl (C=O) groups is 4. The summed E-state index contributed by atoms with van der Waals surface area (Å²) in [6.45, 7) is 3.77. The maximum atomic E-state index is 12.6. The first-order chi connectivity index (χ1) is 13.5. The Labute approximate surface area is 168 Å². The third kappa shape index (κ3) is 8.60. The molecule has 0 radical (unpaired) electrons. The number of hydrogen-bond acceptors (Lipinski definition) is 6. The van der Waals surface area contributed by atoms with Crippen LogP contribution in [0.15, 0.2) is 24.3 Å². The third-order valence-corrected chi connectivity index (χ3v) is 4.06. The molecule has 10 nitrogen and oxygen atoms in total. The molecule has 0 aliphatic carbocycles. The van der Waals surface area contributed by atoms with E-state index in [1.54, 1.807) is 12.1 Å². The van der Waals surface area contributed by atoms with Crippen molar-refractivity contribution in [2.75, 3.05) is 0 Å². The predicted molar refractivity (Wildman–Crippen MR) is 103 cm³/mol. The highest BCUT2D eigenvalue weighted by molar-refractivity contribution is 5.92. The smallest absolute Gasteiger partial charge is 0.326 e. The zero-order chi connectivity index (χ0) is 22.1. The Hall–Kier alpha value is -3.14. The lowest BCUT2D eigenvalue weighted by Gasteiger charge is -2.23. The number of carboxylic acids is 2. The summed E-state index contributed by atoms with van der Waals surface area (Å²) >= 11 is 0. The second kappa shape index (κ2) is 11.0. The highest BCUT2D eigenvalue weighted by atomic mass is 16.4. The Morgan fingerprint density at radius 2 is 1.52 bits per heavy atom. The second-order valence-electron chi connectivity index (χ2n) is 7.17. The van der Waals surface area contributed by atoms with Crippen molar-refractivity contribution in [2.24, 2.45) is 11.7 Å². The maximum Gasteiger partial charge on any atom is 0.326 e. The van der Waals surface area contributed by atoms with Crippen LogP contribution in [0.5, 0.6) is 5.75 Å². The Kier molecular flexibility index (Phi) is 9.07. The number of amides is 2. The number of nitrogens with two attached hydrogens (primary N) is 1. The van der Waals surface area contributed by atoms with Crippen molar-refractivity contribution < 1.29 is 34.5 Å². The number of phenolic OH excluding ortho intramolecular Hbond substituents is 1. The molecule has 2 amide bonds. The zero-order valence-electron chi connectivity index (χ0n) is 16.3. The SMILES string of the molecule is CC(C)CC(N)C(=O)NC(Cc1ccc(O)cc1)C(=O)NC(CC(=O)O)C(=O)O. The van der Waals surface area contributed by atoms with Gasteiger partial charge in [0, 0.05) is 6.42 Å². The summed E-state index contributed by atoms with van der Waals surface area (Å²) in [5.41, 5.74) is 6.44. The van der Waals surface area contributed by atoms with E-state index in [0.29, 0.717) is 12.0 Å². The van der Waals surface area contributed by atoms with Gasteiger partial charge in [-0.2, -0.15) is 0 Å². The summed E-state index contributed by atoms with van der Waals surface area (Å²) in [6.07, 6.45) is -0.435. The minimum Gasteiger partial charge on any atom is -0.508 e. The van der Waals surface area contributed by atoms with Gasteiger partial charge in [0.05, 0.1) is 12.5 Å². The van der Waals surface area contributed by atoms with Crippen LogP contribution < -0.4 is 16.4 Å². The number of aromatic hydroxyl groups is 1. The highest BCUT2D eigenvalue weighted by Gasteiger charge is 2.29. The van der Waals surface area contributed by atoms with Gasteiger partial charge in [-0.05, 0) is 30.0 Å². The summed E-state index contributed by atoms with van der Waals surface area (Å²) < 4.78 is 0. The normalized spacial score (nSPS) is 13.9. The number of carbonyl (C=O) groups excluding carboxylic acids is 2. The van der Waals surface area contributed by atoms with Gasteiger partial charge in [-0.3, -0.25) is 14.4 Å². The Morgan fingerprint density at radius 1 is 0.966 bits per heavy atom. The molecule has 0 spiro atoms. The van der Waals surface area contributed by atoms with Crippen LogP contribution >= 0.6 is 0 Å². The lowest BCUT2D eigenvalue weighted by atomic mass is 10.0. The number of hydrogen-bond donors (Lipinski definition) is 6. The molecule has 0 fully saturated rings. The average Bonchev–Trinajstić information content (AvgIpc) is 2.61. The van der Waals surface area contributed by atoms with E-state index < -0.39 is 48.3 Å². The number of aliphatic carboxylic acids is 2. The van der Waals surface area contributed by atoms with Crippen molar-refractivity contribution in [3.63, 3.8) is 0 Å². The number of benzene rings is 1. The molecule has 1 aromatic carbocycles. The van der Waals surface area contributed by atoms with Crippen LogP contribution in [0.25, 0.3) is 0 Å². The molecular formula is C19H27N3O7. The molecule has 0 saturated heterocycles. The summed E-state index contributed by atoms with van der Waals surface area (Å²) in [4.78, 5) is 47.0. The van der Waals surface area contributed by atoms with Crippen LogP contribution in [0, 0.1) is 5.92 Å². The van der Waals surface area contributed by atoms with Crippen LogP contribution in [0.1, 0.15) is 32.3 Å². The van der Waals surface area contributed by atoms with E-state index in [1.807, 2.05) is 13.8 Å². The lowest BCUT2D eigenvalue weighted by Crippen LogP contribution is -2.55. The first-order valence-corrected chi connectivity index (χ1v) is 9.08. The molecule has 0 saturated carbocycles. The van der Waals surface area contributed by atoms with Crippen molar-refractivity contribution in [2.45, 2.75) is 51.2 Å². The van der Waals surface area contributed by atoms with Gasteiger partial charge in [0.15, 0.2) is 0 Å². The quantitative estimate of drug-likeness (QED) is 0.292. The molecular weight excluding hydrogens is 382 g/mol. The van der Waals surface area contributed by atoms with Crippen molar-refractivity contribution in [1.82, 2.24) is 10.6 Å². The van der Waals surface area contributed by atoms with Gasteiger partial charge >= 0.3 is 11.9 Å². The standard InChI is InChI=1S/C19H27N3O7/c1-10(2)7-13(20)17(26)21-14(8-11-3-5-12(23)6-4-11)18(27)22-15(19(28)29)9-16(24)25/h3-6,10,13-15,23H,7-9,20H2,1-2H3,(H,21,26)(H,22,27)(H,24,25)(H,28,29). The predicted octanol–water partition coefficient (Wildman–Crippen LogP) is -0.163. The van der Waals surface area contributed by atoms with E-state index in [0.717, 1.165) is 0 Å². The molecule has 3 unspecified atom stereocenters. The molecule has 1 rings (SSSR count). The molecule has 1 aromatic rings. The molecule has 7 N–H and O–H groups in total. The van der Waals surface area contributed by atoms with Crippen LogP contribution in [-0.2, 0) is 25.6 Å². The van der Waals surface area contributed by atoms with E-state index >= 15 is 0 Å². The van der Waals surface area contributed by atoms with Gasteiger partial charge in [0.2, 0.25) is 11.8 Å².